The lowest BCUT2D eigenvalue weighted by atomic mass is 10.1. The maximum absolute atomic E-state index is 12.4. The minimum Gasteiger partial charge on any atom is -0.497 e. The average Bonchev–Trinajstić information content (AvgIpc) is 3.26. The van der Waals surface area contributed by atoms with E-state index in [0.717, 1.165) is 28.8 Å². The van der Waals surface area contributed by atoms with Crippen LogP contribution in [0.4, 0.5) is 0 Å². The van der Waals surface area contributed by atoms with Crippen molar-refractivity contribution in [1.29, 1.82) is 0 Å². The van der Waals surface area contributed by atoms with Gasteiger partial charge in [-0.25, -0.2) is 4.98 Å². The van der Waals surface area contributed by atoms with Crippen molar-refractivity contribution < 1.29 is 18.8 Å². The van der Waals surface area contributed by atoms with E-state index in [1.165, 1.54) is 11.3 Å². The van der Waals surface area contributed by atoms with E-state index in [9.17, 15) is 4.79 Å². The third-order valence-electron chi connectivity index (χ3n) is 4.41. The Kier molecular flexibility index (Phi) is 4.50. The van der Waals surface area contributed by atoms with Crippen LogP contribution in [-0.4, -0.2) is 47.3 Å². The van der Waals surface area contributed by atoms with Gasteiger partial charge in [0.25, 0.3) is 11.1 Å². The highest BCUT2D eigenvalue weighted by molar-refractivity contribution is 7.20. The number of rotatable bonds is 4. The summed E-state index contributed by atoms with van der Waals surface area (Å²) in [6.45, 7) is 3.05. The van der Waals surface area contributed by atoms with Gasteiger partial charge in [0.05, 0.1) is 23.0 Å². The van der Waals surface area contributed by atoms with Gasteiger partial charge in [0, 0.05) is 32.0 Å². The largest absolute Gasteiger partial charge is 0.497 e. The molecule has 136 valence electrons. The first-order valence-corrected chi connectivity index (χ1v) is 9.28. The number of nitrogens with zero attached hydrogens (tertiary/aromatic N) is 3. The fraction of sp³-hybridized carbons (Fsp3) is 0.389. The SMILES string of the molecule is COc1ccc2nc(OC3CCN(C(=O)c4cc(C)no4)CC3)sc2c1. The van der Waals surface area contributed by atoms with Crippen molar-refractivity contribution in [2.45, 2.75) is 25.9 Å². The quantitative estimate of drug-likeness (QED) is 0.698. The van der Waals surface area contributed by atoms with E-state index in [1.54, 1.807) is 25.0 Å². The van der Waals surface area contributed by atoms with E-state index < -0.39 is 0 Å². The second-order valence-corrected chi connectivity index (χ2v) is 7.25. The summed E-state index contributed by atoms with van der Waals surface area (Å²) in [7, 11) is 1.65. The van der Waals surface area contributed by atoms with Gasteiger partial charge >= 0.3 is 0 Å². The van der Waals surface area contributed by atoms with E-state index in [1.807, 2.05) is 18.2 Å². The van der Waals surface area contributed by atoms with Crippen LogP contribution in [-0.2, 0) is 0 Å². The first-order valence-electron chi connectivity index (χ1n) is 8.46. The number of thiazole rings is 1. The van der Waals surface area contributed by atoms with E-state index in [2.05, 4.69) is 10.1 Å². The molecule has 8 heteroatoms. The lowest BCUT2D eigenvalue weighted by molar-refractivity contribution is 0.0558. The van der Waals surface area contributed by atoms with Crippen LogP contribution in [0.5, 0.6) is 10.9 Å². The van der Waals surface area contributed by atoms with Gasteiger partial charge in [0.2, 0.25) is 5.76 Å². The van der Waals surface area contributed by atoms with Gasteiger partial charge in [-0.15, -0.1) is 0 Å². The van der Waals surface area contributed by atoms with Crippen molar-refractivity contribution in [3.8, 4) is 10.9 Å². The molecule has 0 saturated carbocycles. The van der Waals surface area contributed by atoms with Crippen LogP contribution in [0.3, 0.4) is 0 Å². The molecule has 26 heavy (non-hydrogen) atoms. The van der Waals surface area contributed by atoms with Crippen LogP contribution >= 0.6 is 11.3 Å². The topological polar surface area (TPSA) is 77.7 Å². The van der Waals surface area contributed by atoms with Gasteiger partial charge in [-0.2, -0.15) is 0 Å². The molecule has 0 spiro atoms. The third-order valence-corrected chi connectivity index (χ3v) is 5.32. The highest BCUT2D eigenvalue weighted by Crippen LogP contribution is 2.32. The first kappa shape index (κ1) is 16.8. The van der Waals surface area contributed by atoms with Crippen molar-refractivity contribution >= 4 is 27.5 Å². The second kappa shape index (κ2) is 6.95. The molecule has 0 bridgehead atoms. The Labute approximate surface area is 154 Å². The number of hydrogen-bond acceptors (Lipinski definition) is 7. The molecule has 3 aromatic rings. The summed E-state index contributed by atoms with van der Waals surface area (Å²) in [5, 5.41) is 4.43. The van der Waals surface area contributed by atoms with E-state index in [0.29, 0.717) is 29.7 Å². The van der Waals surface area contributed by atoms with Crippen LogP contribution in [0.2, 0.25) is 0 Å². The van der Waals surface area contributed by atoms with Crippen LogP contribution < -0.4 is 9.47 Å². The Bertz CT molecular complexity index is 928. The maximum Gasteiger partial charge on any atom is 0.292 e. The van der Waals surface area contributed by atoms with Gasteiger partial charge in [0.1, 0.15) is 11.9 Å². The molecule has 0 N–H and O–H groups in total. The number of likely N-dealkylation sites (tertiary alicyclic amines) is 1. The fourth-order valence-corrected chi connectivity index (χ4v) is 3.91. The molecule has 1 amide bonds. The molecule has 0 radical (unpaired) electrons. The third kappa shape index (κ3) is 3.37. The minimum absolute atomic E-state index is 0.0537. The molecule has 1 aliphatic rings. The Hall–Kier alpha value is -2.61. The molecule has 0 aliphatic carbocycles. The maximum atomic E-state index is 12.4. The summed E-state index contributed by atoms with van der Waals surface area (Å²) < 4.78 is 17.4. The van der Waals surface area contributed by atoms with Crippen molar-refractivity contribution in [3.05, 3.63) is 35.7 Å². The Morgan fingerprint density at radius 3 is 2.81 bits per heavy atom. The van der Waals surface area contributed by atoms with Crippen LogP contribution in [0, 0.1) is 6.92 Å². The predicted octanol–water partition coefficient (Wildman–Crippen LogP) is 3.28. The molecule has 1 aliphatic heterocycles. The predicted molar refractivity (Wildman–Crippen MR) is 97.0 cm³/mol. The van der Waals surface area contributed by atoms with Crippen molar-refractivity contribution in [1.82, 2.24) is 15.0 Å². The zero-order chi connectivity index (χ0) is 18.1. The number of benzene rings is 1. The molecule has 1 aromatic carbocycles. The molecule has 2 aromatic heterocycles. The normalized spacial score (nSPS) is 15.4. The summed E-state index contributed by atoms with van der Waals surface area (Å²) in [4.78, 5) is 18.7. The van der Waals surface area contributed by atoms with E-state index in [4.69, 9.17) is 14.0 Å². The number of aromatic nitrogens is 2. The van der Waals surface area contributed by atoms with Gasteiger partial charge < -0.3 is 18.9 Å². The number of amides is 1. The van der Waals surface area contributed by atoms with Crippen LogP contribution in [0.1, 0.15) is 29.1 Å². The summed E-state index contributed by atoms with van der Waals surface area (Å²) in [6, 6.07) is 7.44. The molecule has 4 rings (SSSR count). The number of carbonyl (C=O) groups excluding carboxylic acids is 1. The minimum atomic E-state index is -0.115. The summed E-state index contributed by atoms with van der Waals surface area (Å²) >= 11 is 1.51. The number of fused-ring (bicyclic) bond motifs is 1. The smallest absolute Gasteiger partial charge is 0.292 e. The number of piperidine rings is 1. The van der Waals surface area contributed by atoms with Gasteiger partial charge in [-0.1, -0.05) is 16.5 Å². The number of carbonyl (C=O) groups is 1. The highest BCUT2D eigenvalue weighted by Gasteiger charge is 2.27. The molecule has 1 saturated heterocycles. The Balaban J connectivity index is 1.37. The zero-order valence-corrected chi connectivity index (χ0v) is 15.4. The molecule has 0 atom stereocenters. The molecule has 3 heterocycles. The van der Waals surface area contributed by atoms with Crippen molar-refractivity contribution in [3.63, 3.8) is 0 Å². The van der Waals surface area contributed by atoms with Gasteiger partial charge in [-0.05, 0) is 25.1 Å². The number of hydrogen-bond donors (Lipinski definition) is 0. The lowest BCUT2D eigenvalue weighted by Gasteiger charge is -2.30. The average molecular weight is 373 g/mol. The molecule has 1 fully saturated rings. The van der Waals surface area contributed by atoms with Crippen molar-refractivity contribution in [2.24, 2.45) is 0 Å². The number of methoxy groups -OCH3 is 1. The Morgan fingerprint density at radius 1 is 1.31 bits per heavy atom. The lowest BCUT2D eigenvalue weighted by Crippen LogP contribution is -2.41. The monoisotopic (exact) mass is 373 g/mol. The summed E-state index contributed by atoms with van der Waals surface area (Å²) in [6.07, 6.45) is 1.58. The van der Waals surface area contributed by atoms with Gasteiger partial charge in [-0.3, -0.25) is 4.79 Å². The van der Waals surface area contributed by atoms with Crippen LogP contribution in [0.25, 0.3) is 10.2 Å². The second-order valence-electron chi connectivity index (χ2n) is 6.26. The number of ether oxygens (including phenoxy) is 2. The van der Waals surface area contributed by atoms with Gasteiger partial charge in [0.15, 0.2) is 0 Å². The van der Waals surface area contributed by atoms with E-state index >= 15 is 0 Å². The summed E-state index contributed by atoms with van der Waals surface area (Å²) in [5.41, 5.74) is 1.61. The Morgan fingerprint density at radius 2 is 2.12 bits per heavy atom. The standard InChI is InChI=1S/C18H19N3O4S/c1-11-9-15(25-20-11)17(22)21-7-5-12(6-8-21)24-18-19-14-4-3-13(23-2)10-16(14)26-18/h3-4,9-10,12H,5-8H2,1-2H3. The molecular formula is C18H19N3O4S. The molecular weight excluding hydrogens is 354 g/mol. The molecule has 7 nitrogen and oxygen atoms in total. The van der Waals surface area contributed by atoms with E-state index in [-0.39, 0.29) is 12.0 Å². The van der Waals surface area contributed by atoms with Crippen molar-refractivity contribution in [2.75, 3.05) is 20.2 Å². The highest BCUT2D eigenvalue weighted by atomic mass is 32.1. The first-order chi connectivity index (χ1) is 12.6. The summed E-state index contributed by atoms with van der Waals surface area (Å²) in [5.74, 6) is 0.986. The number of aryl methyl sites for hydroxylation is 1. The molecule has 0 unspecified atom stereocenters. The van der Waals surface area contributed by atoms with Crippen LogP contribution in [0.15, 0.2) is 28.8 Å². The fourth-order valence-electron chi connectivity index (χ4n) is 3.00. The zero-order valence-electron chi connectivity index (χ0n) is 14.6.